The normalized spacial score (nSPS) is 13.4. The average molecular weight is 282 g/mol. The summed E-state index contributed by atoms with van der Waals surface area (Å²) in [6.45, 7) is 1.70. The molecule has 0 aliphatic heterocycles. The Labute approximate surface area is 116 Å². The Kier molecular flexibility index (Phi) is 6.14. The third-order valence-corrected chi connectivity index (χ3v) is 2.76. The molecule has 0 heterocycles. The molecule has 0 aliphatic carbocycles. The van der Waals surface area contributed by atoms with Crippen LogP contribution < -0.4 is 0 Å². The summed E-state index contributed by atoms with van der Waals surface area (Å²) in [6.07, 6.45) is -3.22. The molecule has 1 rings (SSSR count). The average Bonchev–Trinajstić information content (AvgIpc) is 2.46. The monoisotopic (exact) mass is 282 g/mol. The topological polar surface area (TPSA) is 93.1 Å². The molecule has 0 saturated carbocycles. The molecule has 0 fully saturated rings. The first-order chi connectivity index (χ1) is 9.51. The molecule has 0 radical (unpaired) electrons. The molecule has 2 atom stereocenters. The van der Waals surface area contributed by atoms with Gasteiger partial charge < -0.3 is 19.7 Å². The molecule has 2 N–H and O–H groups in total. The van der Waals surface area contributed by atoms with Gasteiger partial charge in [0.2, 0.25) is 0 Å². The summed E-state index contributed by atoms with van der Waals surface area (Å²) in [4.78, 5) is 22.7. The minimum atomic E-state index is -1.70. The quantitative estimate of drug-likeness (QED) is 0.732. The number of aliphatic hydroxyl groups is 2. The lowest BCUT2D eigenvalue weighted by molar-refractivity contribution is -0.159. The van der Waals surface area contributed by atoms with E-state index in [9.17, 15) is 19.8 Å². The van der Waals surface area contributed by atoms with Gasteiger partial charge in [0.05, 0.1) is 20.1 Å². The molecule has 110 valence electrons. The van der Waals surface area contributed by atoms with Crippen molar-refractivity contribution in [2.75, 3.05) is 13.7 Å². The zero-order chi connectivity index (χ0) is 15.1. The van der Waals surface area contributed by atoms with Crippen molar-refractivity contribution in [2.45, 2.75) is 25.6 Å². The summed E-state index contributed by atoms with van der Waals surface area (Å²) >= 11 is 0. The number of ether oxygens (including phenoxy) is 2. The Bertz CT molecular complexity index is 470. The van der Waals surface area contributed by atoms with Crippen molar-refractivity contribution >= 4 is 11.9 Å². The van der Waals surface area contributed by atoms with E-state index in [4.69, 9.17) is 0 Å². The molecule has 2 unspecified atom stereocenters. The molecule has 6 heteroatoms. The zero-order valence-corrected chi connectivity index (χ0v) is 11.4. The van der Waals surface area contributed by atoms with E-state index >= 15 is 0 Å². The van der Waals surface area contributed by atoms with Crippen LogP contribution in [0.15, 0.2) is 24.3 Å². The summed E-state index contributed by atoms with van der Waals surface area (Å²) < 4.78 is 9.21. The minimum absolute atomic E-state index is 0.0563. The number of benzene rings is 1. The molecular weight excluding hydrogens is 264 g/mol. The number of esters is 2. The second-order valence-corrected chi connectivity index (χ2v) is 4.09. The fourth-order valence-corrected chi connectivity index (χ4v) is 1.74. The highest BCUT2D eigenvalue weighted by atomic mass is 16.5. The Balaban J connectivity index is 2.94. The minimum Gasteiger partial charge on any atom is -0.469 e. The number of aliphatic hydroxyl groups excluding tert-OH is 2. The first-order valence-corrected chi connectivity index (χ1v) is 6.18. The van der Waals surface area contributed by atoms with Crippen LogP contribution in [0.2, 0.25) is 0 Å². The van der Waals surface area contributed by atoms with E-state index in [0.29, 0.717) is 11.1 Å². The smallest absolute Gasteiger partial charge is 0.338 e. The lowest BCUT2D eigenvalue weighted by atomic mass is 9.96. The number of hydrogen-bond donors (Lipinski definition) is 2. The molecule has 0 bridgehead atoms. The molecule has 0 aromatic heterocycles. The van der Waals surface area contributed by atoms with Crippen molar-refractivity contribution in [1.82, 2.24) is 0 Å². The SMILES string of the molecule is CCOC(=O)C(O)C(O)c1ccccc1CC(=O)OC. The molecule has 20 heavy (non-hydrogen) atoms. The molecule has 0 spiro atoms. The maximum atomic E-state index is 11.4. The van der Waals surface area contributed by atoms with Gasteiger partial charge in [0.15, 0.2) is 6.10 Å². The number of methoxy groups -OCH3 is 1. The van der Waals surface area contributed by atoms with Gasteiger partial charge in [-0.3, -0.25) is 4.79 Å². The van der Waals surface area contributed by atoms with Gasteiger partial charge in [-0.05, 0) is 18.1 Å². The van der Waals surface area contributed by atoms with Crippen molar-refractivity contribution in [3.05, 3.63) is 35.4 Å². The summed E-state index contributed by atoms with van der Waals surface area (Å²) in [5.41, 5.74) is 0.772. The van der Waals surface area contributed by atoms with Crippen molar-refractivity contribution in [2.24, 2.45) is 0 Å². The van der Waals surface area contributed by atoms with E-state index in [1.165, 1.54) is 13.2 Å². The molecule has 1 aromatic rings. The van der Waals surface area contributed by atoms with E-state index in [0.717, 1.165) is 0 Å². The maximum Gasteiger partial charge on any atom is 0.338 e. The Hall–Kier alpha value is -1.92. The largest absolute Gasteiger partial charge is 0.469 e. The van der Waals surface area contributed by atoms with E-state index in [-0.39, 0.29) is 13.0 Å². The van der Waals surface area contributed by atoms with Crippen LogP contribution in [0, 0.1) is 0 Å². The number of rotatable bonds is 6. The van der Waals surface area contributed by atoms with Gasteiger partial charge >= 0.3 is 11.9 Å². The van der Waals surface area contributed by atoms with Gasteiger partial charge in [0.25, 0.3) is 0 Å². The van der Waals surface area contributed by atoms with E-state index in [1.54, 1.807) is 25.1 Å². The first kappa shape index (κ1) is 16.1. The summed E-state index contributed by atoms with van der Waals surface area (Å²) in [5.74, 6) is -1.39. The highest BCUT2D eigenvalue weighted by Gasteiger charge is 2.28. The third kappa shape index (κ3) is 4.04. The van der Waals surface area contributed by atoms with Crippen molar-refractivity contribution in [1.29, 1.82) is 0 Å². The van der Waals surface area contributed by atoms with E-state index in [2.05, 4.69) is 9.47 Å². The van der Waals surface area contributed by atoms with Crippen LogP contribution in [0.5, 0.6) is 0 Å². The number of carbonyl (C=O) groups excluding carboxylic acids is 2. The van der Waals surface area contributed by atoms with Gasteiger partial charge in [-0.25, -0.2) is 4.79 Å². The van der Waals surface area contributed by atoms with Crippen LogP contribution in [0.25, 0.3) is 0 Å². The fourth-order valence-electron chi connectivity index (χ4n) is 1.74. The highest BCUT2D eigenvalue weighted by Crippen LogP contribution is 2.22. The molecular formula is C14H18O6. The fraction of sp³-hybridized carbons (Fsp3) is 0.429. The third-order valence-electron chi connectivity index (χ3n) is 2.76. The van der Waals surface area contributed by atoms with Gasteiger partial charge in [0.1, 0.15) is 6.10 Å². The summed E-state index contributed by atoms with van der Waals surface area (Å²) in [6, 6.07) is 6.47. The van der Waals surface area contributed by atoms with Crippen LogP contribution >= 0.6 is 0 Å². The Morgan fingerprint density at radius 2 is 1.90 bits per heavy atom. The van der Waals surface area contributed by atoms with Gasteiger partial charge in [-0.1, -0.05) is 24.3 Å². The van der Waals surface area contributed by atoms with E-state index in [1.807, 2.05) is 0 Å². The Morgan fingerprint density at radius 3 is 2.50 bits per heavy atom. The molecule has 0 saturated heterocycles. The first-order valence-electron chi connectivity index (χ1n) is 6.18. The van der Waals surface area contributed by atoms with Crippen LogP contribution in [-0.4, -0.2) is 42.0 Å². The molecule has 6 nitrogen and oxygen atoms in total. The molecule has 0 amide bonds. The predicted octanol–water partition coefficient (Wildman–Crippen LogP) is 0.359. The second-order valence-electron chi connectivity index (χ2n) is 4.09. The van der Waals surface area contributed by atoms with Crippen LogP contribution in [0.1, 0.15) is 24.2 Å². The van der Waals surface area contributed by atoms with E-state index < -0.39 is 24.1 Å². The maximum absolute atomic E-state index is 11.4. The highest BCUT2D eigenvalue weighted by molar-refractivity contribution is 5.76. The standard InChI is InChI=1S/C14H18O6/c1-3-20-14(18)13(17)12(16)10-7-5-4-6-9(10)8-11(15)19-2/h4-7,12-13,16-17H,3,8H2,1-2H3. The second kappa shape index (κ2) is 7.62. The van der Waals surface area contributed by atoms with Crippen molar-refractivity contribution < 1.29 is 29.3 Å². The number of carbonyl (C=O) groups is 2. The van der Waals surface area contributed by atoms with Crippen LogP contribution in [0.4, 0.5) is 0 Å². The number of hydrogen-bond acceptors (Lipinski definition) is 6. The molecule has 1 aromatic carbocycles. The van der Waals surface area contributed by atoms with Gasteiger partial charge in [-0.2, -0.15) is 0 Å². The van der Waals surface area contributed by atoms with Gasteiger partial charge in [0, 0.05) is 0 Å². The molecule has 0 aliphatic rings. The van der Waals surface area contributed by atoms with Gasteiger partial charge in [-0.15, -0.1) is 0 Å². The van der Waals surface area contributed by atoms with Crippen LogP contribution in [0.3, 0.4) is 0 Å². The lowest BCUT2D eigenvalue weighted by Gasteiger charge is -2.19. The lowest BCUT2D eigenvalue weighted by Crippen LogP contribution is -2.30. The zero-order valence-electron chi connectivity index (χ0n) is 11.4. The Morgan fingerprint density at radius 1 is 1.25 bits per heavy atom. The van der Waals surface area contributed by atoms with Crippen molar-refractivity contribution in [3.63, 3.8) is 0 Å². The predicted molar refractivity (Wildman–Crippen MR) is 69.8 cm³/mol. The van der Waals surface area contributed by atoms with Crippen molar-refractivity contribution in [3.8, 4) is 0 Å². The van der Waals surface area contributed by atoms with Crippen LogP contribution in [-0.2, 0) is 25.5 Å². The summed E-state index contributed by atoms with van der Waals surface area (Å²) in [5, 5.41) is 19.8. The summed E-state index contributed by atoms with van der Waals surface area (Å²) in [7, 11) is 1.26.